The first kappa shape index (κ1) is 12.8. The van der Waals surface area contributed by atoms with Gasteiger partial charge >= 0.3 is 0 Å². The van der Waals surface area contributed by atoms with E-state index >= 15 is 0 Å². The van der Waals surface area contributed by atoms with Gasteiger partial charge in [-0.2, -0.15) is 0 Å². The van der Waals surface area contributed by atoms with E-state index in [4.69, 9.17) is 4.42 Å². The number of rotatable bonds is 6. The van der Waals surface area contributed by atoms with E-state index in [0.29, 0.717) is 18.2 Å². The molecule has 96 valence electrons. The van der Waals surface area contributed by atoms with E-state index in [1.807, 2.05) is 18.2 Å². The molecule has 1 aromatic carbocycles. The highest BCUT2D eigenvalue weighted by Crippen LogP contribution is 2.09. The molecule has 0 radical (unpaired) electrons. The van der Waals surface area contributed by atoms with Crippen LogP contribution in [0.5, 0.6) is 0 Å². The Kier molecular flexibility index (Phi) is 4.47. The summed E-state index contributed by atoms with van der Waals surface area (Å²) in [5.74, 6) is 1.38. The van der Waals surface area contributed by atoms with E-state index in [0.717, 1.165) is 19.6 Å². The molecule has 0 aliphatic carbocycles. The molecule has 0 unspecified atom stereocenters. The topological polar surface area (TPSA) is 42.2 Å². The van der Waals surface area contributed by atoms with E-state index in [1.54, 1.807) is 0 Å². The molecule has 0 amide bonds. The smallest absolute Gasteiger partial charge is 0.230 e. The first-order valence-corrected chi connectivity index (χ1v) is 6.39. The van der Waals surface area contributed by atoms with Crippen LogP contribution in [0, 0.1) is 0 Å². The van der Waals surface area contributed by atoms with Crippen LogP contribution in [0.15, 0.2) is 34.7 Å². The Morgan fingerprint density at radius 3 is 2.33 bits per heavy atom. The predicted octanol–water partition coefficient (Wildman–Crippen LogP) is 2.50. The van der Waals surface area contributed by atoms with E-state index < -0.39 is 0 Å². The van der Waals surface area contributed by atoms with Gasteiger partial charge < -0.3 is 4.42 Å². The Labute approximate surface area is 108 Å². The van der Waals surface area contributed by atoms with Crippen molar-refractivity contribution in [2.24, 2.45) is 0 Å². The minimum Gasteiger partial charge on any atom is -0.424 e. The zero-order valence-electron chi connectivity index (χ0n) is 11.0. The van der Waals surface area contributed by atoms with Crippen molar-refractivity contribution in [3.8, 4) is 0 Å². The van der Waals surface area contributed by atoms with Gasteiger partial charge in [-0.1, -0.05) is 44.2 Å². The Balaban J connectivity index is 1.98. The van der Waals surface area contributed by atoms with E-state index in [2.05, 4.69) is 41.1 Å². The molecule has 0 saturated carbocycles. The maximum absolute atomic E-state index is 5.66. The van der Waals surface area contributed by atoms with Gasteiger partial charge in [0.15, 0.2) is 0 Å². The molecule has 2 aromatic rings. The normalized spacial score (nSPS) is 11.1. The molecule has 0 fully saturated rings. The van der Waals surface area contributed by atoms with Crippen molar-refractivity contribution in [2.45, 2.75) is 26.8 Å². The first-order valence-electron chi connectivity index (χ1n) is 6.39. The number of hydrogen-bond donors (Lipinski definition) is 0. The van der Waals surface area contributed by atoms with Gasteiger partial charge in [0.25, 0.3) is 0 Å². The van der Waals surface area contributed by atoms with Crippen molar-refractivity contribution in [3.63, 3.8) is 0 Å². The molecule has 0 saturated heterocycles. The van der Waals surface area contributed by atoms with E-state index in [9.17, 15) is 0 Å². The van der Waals surface area contributed by atoms with Gasteiger partial charge in [-0.15, -0.1) is 10.2 Å². The summed E-state index contributed by atoms with van der Waals surface area (Å²) in [5.41, 5.74) is 1.19. The standard InChI is InChI=1S/C14H19N3O/c1-3-17(4-2)11-14-16-15-13(18-14)10-12-8-6-5-7-9-12/h5-9H,3-4,10-11H2,1-2H3. The summed E-state index contributed by atoms with van der Waals surface area (Å²) >= 11 is 0. The number of benzene rings is 1. The molecule has 4 nitrogen and oxygen atoms in total. The van der Waals surface area contributed by atoms with Crippen LogP contribution in [0.2, 0.25) is 0 Å². The average molecular weight is 245 g/mol. The molecule has 0 aliphatic rings. The molecule has 18 heavy (non-hydrogen) atoms. The molecule has 0 spiro atoms. The fourth-order valence-electron chi connectivity index (χ4n) is 1.83. The molecule has 4 heteroatoms. The van der Waals surface area contributed by atoms with Crippen LogP contribution in [0.1, 0.15) is 31.2 Å². The highest BCUT2D eigenvalue weighted by Gasteiger charge is 2.09. The van der Waals surface area contributed by atoms with Gasteiger partial charge in [0, 0.05) is 0 Å². The van der Waals surface area contributed by atoms with E-state index in [-0.39, 0.29) is 0 Å². The van der Waals surface area contributed by atoms with Gasteiger partial charge in [-0.25, -0.2) is 0 Å². The van der Waals surface area contributed by atoms with Crippen LogP contribution in [-0.2, 0) is 13.0 Å². The number of hydrogen-bond acceptors (Lipinski definition) is 4. The lowest BCUT2D eigenvalue weighted by atomic mass is 10.2. The lowest BCUT2D eigenvalue weighted by Gasteiger charge is -2.14. The van der Waals surface area contributed by atoms with E-state index in [1.165, 1.54) is 5.56 Å². The first-order chi connectivity index (χ1) is 8.81. The van der Waals surface area contributed by atoms with Gasteiger partial charge in [-0.3, -0.25) is 4.90 Å². The molecular formula is C14H19N3O. The Bertz CT molecular complexity index is 463. The summed E-state index contributed by atoms with van der Waals surface area (Å²) in [4.78, 5) is 2.25. The molecular weight excluding hydrogens is 226 g/mol. The van der Waals surface area contributed by atoms with Crippen LogP contribution >= 0.6 is 0 Å². The zero-order valence-corrected chi connectivity index (χ0v) is 11.0. The van der Waals surface area contributed by atoms with Crippen molar-refractivity contribution >= 4 is 0 Å². The Morgan fingerprint density at radius 2 is 1.67 bits per heavy atom. The maximum Gasteiger partial charge on any atom is 0.230 e. The van der Waals surface area contributed by atoms with Crippen molar-refractivity contribution < 1.29 is 4.42 Å². The van der Waals surface area contributed by atoms with Crippen LogP contribution in [0.3, 0.4) is 0 Å². The summed E-state index contributed by atoms with van der Waals surface area (Å²) in [7, 11) is 0. The van der Waals surface area contributed by atoms with Crippen molar-refractivity contribution in [2.75, 3.05) is 13.1 Å². The molecule has 1 heterocycles. The molecule has 0 aliphatic heterocycles. The third kappa shape index (κ3) is 3.40. The summed E-state index contributed by atoms with van der Waals surface area (Å²) in [6, 6.07) is 10.2. The third-order valence-corrected chi connectivity index (χ3v) is 2.96. The van der Waals surface area contributed by atoms with Crippen LogP contribution in [0.25, 0.3) is 0 Å². The van der Waals surface area contributed by atoms with Crippen LogP contribution < -0.4 is 0 Å². The minimum absolute atomic E-state index is 0.684. The lowest BCUT2D eigenvalue weighted by molar-refractivity contribution is 0.260. The van der Waals surface area contributed by atoms with Gasteiger partial charge in [-0.05, 0) is 18.7 Å². The second kappa shape index (κ2) is 6.31. The maximum atomic E-state index is 5.66. The predicted molar refractivity (Wildman–Crippen MR) is 70.2 cm³/mol. The molecule has 0 atom stereocenters. The summed E-state index contributed by atoms with van der Waals surface area (Å²) in [6.45, 7) is 6.98. The number of nitrogens with zero attached hydrogens (tertiary/aromatic N) is 3. The van der Waals surface area contributed by atoms with Crippen molar-refractivity contribution in [1.29, 1.82) is 0 Å². The summed E-state index contributed by atoms with van der Waals surface area (Å²) in [6.07, 6.45) is 0.700. The molecule has 0 N–H and O–H groups in total. The monoisotopic (exact) mass is 245 g/mol. The third-order valence-electron chi connectivity index (χ3n) is 2.96. The van der Waals surface area contributed by atoms with Gasteiger partial charge in [0.2, 0.25) is 11.8 Å². The second-order valence-electron chi connectivity index (χ2n) is 4.21. The SMILES string of the molecule is CCN(CC)Cc1nnc(Cc2ccccc2)o1. The lowest BCUT2D eigenvalue weighted by Crippen LogP contribution is -2.22. The number of aromatic nitrogens is 2. The quantitative estimate of drug-likeness (QED) is 0.784. The minimum atomic E-state index is 0.684. The zero-order chi connectivity index (χ0) is 12.8. The van der Waals surface area contributed by atoms with Gasteiger partial charge in [0.05, 0.1) is 13.0 Å². The highest BCUT2D eigenvalue weighted by molar-refractivity contribution is 5.17. The Hall–Kier alpha value is -1.68. The average Bonchev–Trinajstić information content (AvgIpc) is 2.84. The fraction of sp³-hybridized carbons (Fsp3) is 0.429. The Morgan fingerprint density at radius 1 is 1.00 bits per heavy atom. The second-order valence-corrected chi connectivity index (χ2v) is 4.21. The molecule has 0 bridgehead atoms. The molecule has 1 aromatic heterocycles. The molecule has 2 rings (SSSR count). The van der Waals surface area contributed by atoms with Crippen LogP contribution in [-0.4, -0.2) is 28.2 Å². The van der Waals surface area contributed by atoms with Crippen LogP contribution in [0.4, 0.5) is 0 Å². The van der Waals surface area contributed by atoms with Crippen molar-refractivity contribution in [1.82, 2.24) is 15.1 Å². The summed E-state index contributed by atoms with van der Waals surface area (Å²) < 4.78 is 5.66. The largest absolute Gasteiger partial charge is 0.424 e. The van der Waals surface area contributed by atoms with Gasteiger partial charge in [0.1, 0.15) is 0 Å². The van der Waals surface area contributed by atoms with Crippen molar-refractivity contribution in [3.05, 3.63) is 47.7 Å². The highest BCUT2D eigenvalue weighted by atomic mass is 16.4. The fourth-order valence-corrected chi connectivity index (χ4v) is 1.83. The summed E-state index contributed by atoms with van der Waals surface area (Å²) in [5, 5.41) is 8.18.